The van der Waals surface area contributed by atoms with Crippen molar-refractivity contribution in [2.75, 3.05) is 27.2 Å². The summed E-state index contributed by atoms with van der Waals surface area (Å²) in [7, 11) is -1.05. The molecule has 0 aliphatic heterocycles. The minimum atomic E-state index is -3.88. The van der Waals surface area contributed by atoms with Crippen molar-refractivity contribution in [3.63, 3.8) is 0 Å². The Bertz CT molecular complexity index is 966. The van der Waals surface area contributed by atoms with Crippen molar-refractivity contribution in [2.45, 2.75) is 24.3 Å². The fourth-order valence-corrected chi connectivity index (χ4v) is 4.18. The molecular formula is C21H26ClN3O4S. The second-order valence-electron chi connectivity index (χ2n) is 6.83. The van der Waals surface area contributed by atoms with Crippen LogP contribution in [0.1, 0.15) is 12.5 Å². The Hall–Kier alpha value is -2.42. The fraction of sp³-hybridized carbons (Fsp3) is 0.333. The molecule has 0 saturated carbocycles. The number of hydrogen-bond donors (Lipinski definition) is 1. The Kier molecular flexibility index (Phi) is 8.40. The number of rotatable bonds is 9. The number of nitrogens with zero attached hydrogens (tertiary/aromatic N) is 2. The topological polar surface area (TPSA) is 86.8 Å². The predicted molar refractivity (Wildman–Crippen MR) is 117 cm³/mol. The first kappa shape index (κ1) is 23.9. The van der Waals surface area contributed by atoms with E-state index in [1.54, 1.807) is 6.92 Å². The van der Waals surface area contributed by atoms with E-state index >= 15 is 0 Å². The Labute approximate surface area is 182 Å². The van der Waals surface area contributed by atoms with Gasteiger partial charge in [-0.25, -0.2) is 8.42 Å². The number of benzene rings is 2. The first-order valence-corrected chi connectivity index (χ1v) is 11.3. The highest BCUT2D eigenvalue weighted by molar-refractivity contribution is 7.89. The molecule has 2 amide bonds. The predicted octanol–water partition coefficient (Wildman–Crippen LogP) is 2.17. The summed E-state index contributed by atoms with van der Waals surface area (Å²) in [6.45, 7) is 1.52. The molecule has 0 radical (unpaired) electrons. The second-order valence-corrected chi connectivity index (χ2v) is 9.31. The Morgan fingerprint density at radius 2 is 1.67 bits per heavy atom. The normalized spacial score (nSPS) is 12.4. The third-order valence-corrected chi connectivity index (χ3v) is 6.85. The molecule has 0 spiro atoms. The van der Waals surface area contributed by atoms with Gasteiger partial charge in [0.2, 0.25) is 21.8 Å². The molecule has 0 aromatic heterocycles. The van der Waals surface area contributed by atoms with Crippen molar-refractivity contribution in [1.29, 1.82) is 0 Å². The van der Waals surface area contributed by atoms with Crippen molar-refractivity contribution in [1.82, 2.24) is 14.5 Å². The molecule has 2 aromatic rings. The molecule has 9 heteroatoms. The first-order valence-electron chi connectivity index (χ1n) is 9.43. The number of carbonyl (C=O) groups excluding carboxylic acids is 2. The fourth-order valence-electron chi connectivity index (χ4n) is 2.93. The molecule has 0 aliphatic rings. The molecule has 0 unspecified atom stereocenters. The van der Waals surface area contributed by atoms with Gasteiger partial charge in [0, 0.05) is 25.7 Å². The van der Waals surface area contributed by atoms with E-state index in [0.29, 0.717) is 11.4 Å². The molecule has 1 N–H and O–H groups in total. The van der Waals surface area contributed by atoms with E-state index in [-0.39, 0.29) is 23.9 Å². The third-order valence-electron chi connectivity index (χ3n) is 4.78. The van der Waals surface area contributed by atoms with Gasteiger partial charge in [0.05, 0.1) is 11.4 Å². The summed E-state index contributed by atoms with van der Waals surface area (Å²) >= 11 is 5.82. The quantitative estimate of drug-likeness (QED) is 0.633. The first-order chi connectivity index (χ1) is 14.2. The summed E-state index contributed by atoms with van der Waals surface area (Å²) in [6, 6.07) is 14.6. The van der Waals surface area contributed by atoms with Gasteiger partial charge in [0.1, 0.15) is 6.04 Å². The standard InChI is InChI=1S/C21H26ClN3O4S/c1-16(21(27)23-2)25(14-13-17-7-5-4-6-8-17)20(26)15-24(3)30(28,29)19-11-9-18(22)10-12-19/h4-12,16H,13-15H2,1-3H3,(H,23,27)/t16-/m1/s1. The highest BCUT2D eigenvalue weighted by atomic mass is 35.5. The lowest BCUT2D eigenvalue weighted by Crippen LogP contribution is -2.51. The van der Waals surface area contributed by atoms with Gasteiger partial charge in [-0.2, -0.15) is 4.31 Å². The Morgan fingerprint density at radius 3 is 2.23 bits per heavy atom. The zero-order valence-electron chi connectivity index (χ0n) is 17.2. The van der Waals surface area contributed by atoms with Crippen LogP contribution in [0.4, 0.5) is 0 Å². The van der Waals surface area contributed by atoms with Crippen LogP contribution in [-0.2, 0) is 26.0 Å². The van der Waals surface area contributed by atoms with E-state index in [2.05, 4.69) is 5.32 Å². The summed E-state index contributed by atoms with van der Waals surface area (Å²) in [6.07, 6.45) is 0.543. The lowest BCUT2D eigenvalue weighted by molar-refractivity contribution is -0.139. The van der Waals surface area contributed by atoms with Crippen LogP contribution in [0.3, 0.4) is 0 Å². The van der Waals surface area contributed by atoms with E-state index in [9.17, 15) is 18.0 Å². The van der Waals surface area contributed by atoms with E-state index in [1.807, 2.05) is 30.3 Å². The SMILES string of the molecule is CNC(=O)[C@@H](C)N(CCc1ccccc1)C(=O)CN(C)S(=O)(=O)c1ccc(Cl)cc1. The molecule has 0 saturated heterocycles. The molecule has 30 heavy (non-hydrogen) atoms. The lowest BCUT2D eigenvalue weighted by atomic mass is 10.1. The zero-order valence-corrected chi connectivity index (χ0v) is 18.8. The number of hydrogen-bond acceptors (Lipinski definition) is 4. The maximum absolute atomic E-state index is 13.0. The maximum atomic E-state index is 13.0. The average molecular weight is 452 g/mol. The lowest BCUT2D eigenvalue weighted by Gasteiger charge is -2.30. The molecule has 162 valence electrons. The molecule has 7 nitrogen and oxygen atoms in total. The summed E-state index contributed by atoms with van der Waals surface area (Å²) in [4.78, 5) is 26.6. The van der Waals surface area contributed by atoms with Gasteiger partial charge in [-0.3, -0.25) is 9.59 Å². The number of sulfonamides is 1. The molecule has 0 heterocycles. The molecule has 2 rings (SSSR count). The highest BCUT2D eigenvalue weighted by Gasteiger charge is 2.29. The number of carbonyl (C=O) groups is 2. The van der Waals surface area contributed by atoms with Crippen molar-refractivity contribution < 1.29 is 18.0 Å². The number of likely N-dealkylation sites (N-methyl/N-ethyl adjacent to an activating group) is 2. The summed E-state index contributed by atoms with van der Waals surface area (Å²) in [5.74, 6) is -0.776. The smallest absolute Gasteiger partial charge is 0.243 e. The van der Waals surface area contributed by atoms with Gasteiger partial charge in [-0.05, 0) is 43.2 Å². The number of halogens is 1. The van der Waals surface area contributed by atoms with Gasteiger partial charge in [-0.1, -0.05) is 41.9 Å². The van der Waals surface area contributed by atoms with Crippen LogP contribution in [-0.4, -0.2) is 62.7 Å². The number of nitrogens with one attached hydrogen (secondary N) is 1. The summed E-state index contributed by atoms with van der Waals surface area (Å²) in [5, 5.41) is 2.95. The molecule has 0 aliphatic carbocycles. The van der Waals surface area contributed by atoms with Gasteiger partial charge < -0.3 is 10.2 Å². The van der Waals surface area contributed by atoms with E-state index in [4.69, 9.17) is 11.6 Å². The molecule has 1 atom stereocenters. The van der Waals surface area contributed by atoms with Crippen molar-refractivity contribution in [3.8, 4) is 0 Å². The minimum absolute atomic E-state index is 0.0392. The van der Waals surface area contributed by atoms with Crippen LogP contribution < -0.4 is 5.32 Å². The highest BCUT2D eigenvalue weighted by Crippen LogP contribution is 2.18. The van der Waals surface area contributed by atoms with Gasteiger partial charge in [0.15, 0.2) is 0 Å². The summed E-state index contributed by atoms with van der Waals surface area (Å²) in [5.41, 5.74) is 1.02. The third kappa shape index (κ3) is 6.04. The minimum Gasteiger partial charge on any atom is -0.357 e. The average Bonchev–Trinajstić information content (AvgIpc) is 2.74. The Morgan fingerprint density at radius 1 is 1.07 bits per heavy atom. The second kappa shape index (κ2) is 10.6. The van der Waals surface area contributed by atoms with Crippen LogP contribution >= 0.6 is 11.6 Å². The van der Waals surface area contributed by atoms with Crippen LogP contribution in [0.25, 0.3) is 0 Å². The van der Waals surface area contributed by atoms with Gasteiger partial charge >= 0.3 is 0 Å². The molecule has 0 bridgehead atoms. The summed E-state index contributed by atoms with van der Waals surface area (Å²) < 4.78 is 26.5. The molecule has 2 aromatic carbocycles. The zero-order chi connectivity index (χ0) is 22.3. The molecular weight excluding hydrogens is 426 g/mol. The van der Waals surface area contributed by atoms with Crippen LogP contribution in [0, 0.1) is 0 Å². The van der Waals surface area contributed by atoms with Gasteiger partial charge in [0.25, 0.3) is 0 Å². The van der Waals surface area contributed by atoms with Crippen LogP contribution in [0.15, 0.2) is 59.5 Å². The van der Waals surface area contributed by atoms with Crippen LogP contribution in [0.2, 0.25) is 5.02 Å². The number of amides is 2. The largest absolute Gasteiger partial charge is 0.357 e. The molecule has 0 fully saturated rings. The van der Waals surface area contributed by atoms with E-state index in [0.717, 1.165) is 9.87 Å². The van der Waals surface area contributed by atoms with E-state index in [1.165, 1.54) is 43.3 Å². The van der Waals surface area contributed by atoms with Crippen molar-refractivity contribution in [3.05, 3.63) is 65.2 Å². The maximum Gasteiger partial charge on any atom is 0.243 e. The van der Waals surface area contributed by atoms with Crippen molar-refractivity contribution >= 4 is 33.4 Å². The Balaban J connectivity index is 2.17. The van der Waals surface area contributed by atoms with Gasteiger partial charge in [-0.15, -0.1) is 0 Å². The van der Waals surface area contributed by atoms with Crippen LogP contribution in [0.5, 0.6) is 0 Å². The monoisotopic (exact) mass is 451 g/mol. The van der Waals surface area contributed by atoms with E-state index < -0.39 is 22.0 Å². The van der Waals surface area contributed by atoms with Crippen molar-refractivity contribution in [2.24, 2.45) is 0 Å².